The summed E-state index contributed by atoms with van der Waals surface area (Å²) in [5, 5.41) is 5.09. The summed E-state index contributed by atoms with van der Waals surface area (Å²) in [4.78, 5) is 13.2. The first-order chi connectivity index (χ1) is 13.3. The number of anilines is 1. The minimum Gasteiger partial charge on any atom is -0.493 e. The van der Waals surface area contributed by atoms with Crippen LogP contribution in [-0.2, 0) is 9.53 Å². The van der Waals surface area contributed by atoms with Crippen LogP contribution < -0.4 is 10.1 Å². The van der Waals surface area contributed by atoms with Gasteiger partial charge in [-0.25, -0.2) is 0 Å². The average Bonchev–Trinajstić information content (AvgIpc) is 2.65. The van der Waals surface area contributed by atoms with Gasteiger partial charge in [-0.15, -0.1) is 0 Å². The van der Waals surface area contributed by atoms with E-state index >= 15 is 0 Å². The maximum atomic E-state index is 13.2. The Labute approximate surface area is 169 Å². The third-order valence-electron chi connectivity index (χ3n) is 4.61. The van der Waals surface area contributed by atoms with Crippen molar-refractivity contribution in [1.29, 1.82) is 0 Å². The molecule has 1 N–H and O–H groups in total. The van der Waals surface area contributed by atoms with Gasteiger partial charge in [-0.2, -0.15) is 0 Å². The Bertz CT molecular complexity index is 785. The number of benzene rings is 2. The number of fused-ring (bicyclic) bond motifs is 1. The smallest absolute Gasteiger partial charge is 0.256 e. The molecule has 154 valence electrons. The number of hydrogen-bond acceptors (Lipinski definition) is 3. The maximum Gasteiger partial charge on any atom is 0.256 e. The second-order valence-corrected chi connectivity index (χ2v) is 8.49. The third-order valence-corrected chi connectivity index (χ3v) is 4.61. The van der Waals surface area contributed by atoms with Crippen LogP contribution in [0, 0.1) is 11.8 Å². The highest BCUT2D eigenvalue weighted by Gasteiger charge is 2.35. The van der Waals surface area contributed by atoms with Gasteiger partial charge >= 0.3 is 0 Å². The fraction of sp³-hybridized carbons (Fsp3) is 0.542. The van der Waals surface area contributed by atoms with E-state index in [-0.39, 0.29) is 5.91 Å². The fourth-order valence-corrected chi connectivity index (χ4v) is 3.34. The highest BCUT2D eigenvalue weighted by Crippen LogP contribution is 2.33. The standard InChI is InChI=1S/C24H35NO3/c1-7-14-28-24(6,15-17(2)3)23(26)25-21-12-13-22(27-16-18(4)5)20-11-9-8-10-19(20)21/h8-13,17-18H,7,14-16H2,1-6H3,(H,25,26)/t24-/m0/s1. The summed E-state index contributed by atoms with van der Waals surface area (Å²) in [5.74, 6) is 1.55. The minimum atomic E-state index is -0.849. The van der Waals surface area contributed by atoms with Crippen molar-refractivity contribution in [1.82, 2.24) is 0 Å². The quantitative estimate of drug-likeness (QED) is 0.542. The number of rotatable bonds is 10. The number of carbonyl (C=O) groups is 1. The number of carbonyl (C=O) groups excluding carboxylic acids is 1. The monoisotopic (exact) mass is 385 g/mol. The number of hydrogen-bond donors (Lipinski definition) is 1. The second kappa shape index (κ2) is 9.92. The molecule has 28 heavy (non-hydrogen) atoms. The molecule has 1 atom stereocenters. The predicted molar refractivity (Wildman–Crippen MR) is 117 cm³/mol. The van der Waals surface area contributed by atoms with Gasteiger partial charge in [0.1, 0.15) is 11.4 Å². The molecule has 0 saturated heterocycles. The van der Waals surface area contributed by atoms with Crippen molar-refractivity contribution in [2.75, 3.05) is 18.5 Å². The van der Waals surface area contributed by atoms with Crippen molar-refractivity contribution in [3.05, 3.63) is 36.4 Å². The largest absolute Gasteiger partial charge is 0.493 e. The number of nitrogens with one attached hydrogen (secondary N) is 1. The molecule has 2 rings (SSSR count). The molecule has 1 amide bonds. The van der Waals surface area contributed by atoms with Crippen LogP contribution in [0.1, 0.15) is 54.4 Å². The van der Waals surface area contributed by atoms with Gasteiger partial charge in [0.05, 0.1) is 6.61 Å². The Kier molecular flexibility index (Phi) is 7.88. The lowest BCUT2D eigenvalue weighted by molar-refractivity contribution is -0.141. The molecule has 0 radical (unpaired) electrons. The van der Waals surface area contributed by atoms with E-state index in [4.69, 9.17) is 9.47 Å². The predicted octanol–water partition coefficient (Wildman–Crippen LogP) is 6.04. The van der Waals surface area contributed by atoms with Crippen molar-refractivity contribution in [2.24, 2.45) is 11.8 Å². The van der Waals surface area contributed by atoms with Crippen LogP contribution in [0.3, 0.4) is 0 Å². The molecule has 0 unspecified atom stereocenters. The molecule has 0 aliphatic carbocycles. The molecule has 0 fully saturated rings. The Morgan fingerprint density at radius 1 is 1.04 bits per heavy atom. The van der Waals surface area contributed by atoms with E-state index in [9.17, 15) is 4.79 Å². The van der Waals surface area contributed by atoms with E-state index < -0.39 is 5.60 Å². The summed E-state index contributed by atoms with van der Waals surface area (Å²) >= 11 is 0. The third kappa shape index (κ3) is 5.71. The van der Waals surface area contributed by atoms with E-state index in [0.29, 0.717) is 31.5 Å². The maximum absolute atomic E-state index is 13.2. The van der Waals surface area contributed by atoms with E-state index in [1.807, 2.05) is 43.3 Å². The summed E-state index contributed by atoms with van der Waals surface area (Å²) < 4.78 is 12.0. The average molecular weight is 386 g/mol. The number of amides is 1. The van der Waals surface area contributed by atoms with E-state index in [1.165, 1.54) is 0 Å². The molecule has 0 saturated carbocycles. The summed E-state index contributed by atoms with van der Waals surface area (Å²) in [6.07, 6.45) is 1.55. The van der Waals surface area contributed by atoms with Gasteiger partial charge in [0.2, 0.25) is 0 Å². The van der Waals surface area contributed by atoms with Gasteiger partial charge in [0, 0.05) is 23.1 Å². The zero-order chi connectivity index (χ0) is 20.7. The SMILES string of the molecule is CCCO[C@@](C)(CC(C)C)C(=O)Nc1ccc(OCC(C)C)c2ccccc12. The molecular weight excluding hydrogens is 350 g/mol. The number of ether oxygens (including phenoxy) is 2. The van der Waals surface area contributed by atoms with Crippen molar-refractivity contribution < 1.29 is 14.3 Å². The Balaban J connectivity index is 2.31. The highest BCUT2D eigenvalue weighted by atomic mass is 16.5. The van der Waals surface area contributed by atoms with E-state index in [2.05, 4.69) is 39.9 Å². The summed E-state index contributed by atoms with van der Waals surface area (Å²) in [6, 6.07) is 11.9. The summed E-state index contributed by atoms with van der Waals surface area (Å²) in [5.41, 5.74) is -0.0643. The zero-order valence-corrected chi connectivity index (χ0v) is 18.2. The lowest BCUT2D eigenvalue weighted by Gasteiger charge is -2.30. The molecular formula is C24H35NO3. The molecule has 0 aliphatic rings. The molecule has 0 bridgehead atoms. The van der Waals surface area contributed by atoms with Crippen LogP contribution in [0.25, 0.3) is 10.8 Å². The van der Waals surface area contributed by atoms with Gasteiger partial charge in [0.15, 0.2) is 0 Å². The molecule has 0 aromatic heterocycles. The second-order valence-electron chi connectivity index (χ2n) is 8.49. The molecule has 2 aromatic carbocycles. The molecule has 2 aromatic rings. The normalized spacial score (nSPS) is 13.7. The van der Waals surface area contributed by atoms with Crippen molar-refractivity contribution in [3.63, 3.8) is 0 Å². The molecule has 0 aliphatic heterocycles. The lowest BCUT2D eigenvalue weighted by Crippen LogP contribution is -2.44. The van der Waals surface area contributed by atoms with Crippen molar-refractivity contribution >= 4 is 22.4 Å². The van der Waals surface area contributed by atoms with Gasteiger partial charge in [-0.3, -0.25) is 4.79 Å². The first-order valence-electron chi connectivity index (χ1n) is 10.4. The van der Waals surface area contributed by atoms with Crippen molar-refractivity contribution in [3.8, 4) is 5.75 Å². The Morgan fingerprint density at radius 3 is 2.32 bits per heavy atom. The summed E-state index contributed by atoms with van der Waals surface area (Å²) in [6.45, 7) is 13.6. The fourth-order valence-electron chi connectivity index (χ4n) is 3.34. The van der Waals surface area contributed by atoms with Crippen LogP contribution in [0.4, 0.5) is 5.69 Å². The van der Waals surface area contributed by atoms with E-state index in [0.717, 1.165) is 28.6 Å². The lowest BCUT2D eigenvalue weighted by atomic mass is 9.92. The van der Waals surface area contributed by atoms with Gasteiger partial charge in [-0.05, 0) is 43.7 Å². The molecule has 4 nitrogen and oxygen atoms in total. The van der Waals surface area contributed by atoms with Crippen molar-refractivity contribution in [2.45, 2.75) is 60.0 Å². The Hall–Kier alpha value is -2.07. The molecule has 0 spiro atoms. The first-order valence-corrected chi connectivity index (χ1v) is 10.4. The Morgan fingerprint density at radius 2 is 1.71 bits per heavy atom. The van der Waals surface area contributed by atoms with Crippen LogP contribution in [0.2, 0.25) is 0 Å². The van der Waals surface area contributed by atoms with Crippen LogP contribution in [0.15, 0.2) is 36.4 Å². The van der Waals surface area contributed by atoms with Crippen LogP contribution in [0.5, 0.6) is 5.75 Å². The van der Waals surface area contributed by atoms with E-state index in [1.54, 1.807) is 0 Å². The topological polar surface area (TPSA) is 47.6 Å². The minimum absolute atomic E-state index is 0.101. The molecule has 4 heteroatoms. The van der Waals surface area contributed by atoms with Gasteiger partial charge < -0.3 is 14.8 Å². The molecule has 0 heterocycles. The highest BCUT2D eigenvalue weighted by molar-refractivity contribution is 6.06. The zero-order valence-electron chi connectivity index (χ0n) is 18.2. The van der Waals surface area contributed by atoms with Gasteiger partial charge in [0.25, 0.3) is 5.91 Å². The van der Waals surface area contributed by atoms with Gasteiger partial charge in [-0.1, -0.05) is 58.9 Å². The first kappa shape index (κ1) is 22.2. The van der Waals surface area contributed by atoms with Crippen LogP contribution >= 0.6 is 0 Å². The summed E-state index contributed by atoms with van der Waals surface area (Å²) in [7, 11) is 0. The van der Waals surface area contributed by atoms with Crippen LogP contribution in [-0.4, -0.2) is 24.7 Å².